The average molecular weight is 437 g/mol. The van der Waals surface area contributed by atoms with E-state index >= 15 is 0 Å². The fraction of sp³-hybridized carbons (Fsp3) is 0.391. The smallest absolute Gasteiger partial charge is 0.275 e. The van der Waals surface area contributed by atoms with Gasteiger partial charge < -0.3 is 14.5 Å². The van der Waals surface area contributed by atoms with E-state index in [9.17, 15) is 14.0 Å². The quantitative estimate of drug-likeness (QED) is 0.629. The van der Waals surface area contributed by atoms with Crippen LogP contribution in [-0.4, -0.2) is 75.6 Å². The van der Waals surface area contributed by atoms with E-state index in [-0.39, 0.29) is 11.6 Å². The van der Waals surface area contributed by atoms with E-state index in [0.717, 1.165) is 32.4 Å². The molecule has 0 N–H and O–H groups in total. The molecule has 3 aromatic heterocycles. The lowest BCUT2D eigenvalue weighted by atomic mass is 10.1. The van der Waals surface area contributed by atoms with Crippen LogP contribution in [0.5, 0.6) is 0 Å². The number of nitrogens with zero attached hydrogens (tertiary/aromatic N) is 5. The zero-order valence-electron chi connectivity index (χ0n) is 17.7. The largest absolute Gasteiger partial charge is 0.378 e. The van der Waals surface area contributed by atoms with E-state index in [4.69, 9.17) is 4.74 Å². The number of fused-ring (bicyclic) bond motifs is 1. The van der Waals surface area contributed by atoms with E-state index in [1.807, 2.05) is 17.0 Å². The zero-order chi connectivity index (χ0) is 22.1. The van der Waals surface area contributed by atoms with Crippen LogP contribution in [0.4, 0.5) is 4.39 Å². The Morgan fingerprint density at radius 1 is 0.938 bits per heavy atom. The average Bonchev–Trinajstić information content (AvgIpc) is 3.28. The van der Waals surface area contributed by atoms with Crippen LogP contribution in [0.15, 0.2) is 36.7 Å². The number of halogens is 1. The first-order chi connectivity index (χ1) is 15.6. The summed E-state index contributed by atoms with van der Waals surface area (Å²) in [5, 5.41) is 4.40. The van der Waals surface area contributed by atoms with Crippen molar-refractivity contribution in [2.45, 2.75) is 19.3 Å². The Hall–Kier alpha value is -3.33. The maximum Gasteiger partial charge on any atom is 0.275 e. The molecule has 0 radical (unpaired) electrons. The highest BCUT2D eigenvalue weighted by Crippen LogP contribution is 2.25. The van der Waals surface area contributed by atoms with Crippen LogP contribution in [0.2, 0.25) is 0 Å². The van der Waals surface area contributed by atoms with Gasteiger partial charge in [-0.05, 0) is 37.5 Å². The van der Waals surface area contributed by atoms with Crippen molar-refractivity contribution < 1.29 is 18.7 Å². The second-order valence-electron chi connectivity index (χ2n) is 8.08. The molecular weight excluding hydrogens is 413 g/mol. The molecular formula is C23H24FN5O3. The SMILES string of the molecule is O=C(c1ncc(-c2cccc3c(C(=O)N4CCCCC4)cnn23)cc1F)N1CCOCC1. The van der Waals surface area contributed by atoms with Gasteiger partial charge in [0, 0.05) is 37.9 Å². The molecule has 0 aliphatic carbocycles. The lowest BCUT2D eigenvalue weighted by molar-refractivity contribution is 0.0295. The lowest BCUT2D eigenvalue weighted by Crippen LogP contribution is -2.41. The molecule has 0 aromatic carbocycles. The summed E-state index contributed by atoms with van der Waals surface area (Å²) >= 11 is 0. The van der Waals surface area contributed by atoms with Crippen LogP contribution < -0.4 is 0 Å². The van der Waals surface area contributed by atoms with Crippen LogP contribution in [0.1, 0.15) is 40.1 Å². The summed E-state index contributed by atoms with van der Waals surface area (Å²) in [6.07, 6.45) is 6.20. The van der Waals surface area contributed by atoms with Crippen LogP contribution in [0.25, 0.3) is 16.8 Å². The van der Waals surface area contributed by atoms with Crippen LogP contribution in [0, 0.1) is 5.82 Å². The second-order valence-corrected chi connectivity index (χ2v) is 8.08. The standard InChI is InChI=1S/C23H24FN5O3/c24-18-13-16(14-25-21(18)23(31)28-9-11-32-12-10-28)19-5-4-6-20-17(15-26-29(19)20)22(30)27-7-2-1-3-8-27/h4-6,13-15H,1-3,7-12H2. The first-order valence-corrected chi connectivity index (χ1v) is 10.9. The predicted octanol–water partition coefficient (Wildman–Crippen LogP) is 2.63. The summed E-state index contributed by atoms with van der Waals surface area (Å²) in [4.78, 5) is 33.1. The summed E-state index contributed by atoms with van der Waals surface area (Å²) in [7, 11) is 0. The van der Waals surface area contributed by atoms with E-state index in [1.165, 1.54) is 12.3 Å². The van der Waals surface area contributed by atoms with E-state index in [1.54, 1.807) is 21.7 Å². The van der Waals surface area contributed by atoms with Gasteiger partial charge in [0.1, 0.15) is 0 Å². The molecule has 0 spiro atoms. The van der Waals surface area contributed by atoms with Gasteiger partial charge in [0.05, 0.1) is 36.2 Å². The molecule has 8 nitrogen and oxygen atoms in total. The number of pyridine rings is 2. The van der Waals surface area contributed by atoms with Gasteiger partial charge in [-0.2, -0.15) is 5.10 Å². The van der Waals surface area contributed by atoms with E-state index < -0.39 is 11.7 Å². The minimum atomic E-state index is -0.687. The molecule has 0 bridgehead atoms. The summed E-state index contributed by atoms with van der Waals surface area (Å²) in [6, 6.07) is 6.72. The number of aromatic nitrogens is 3. The molecule has 5 rings (SSSR count). The van der Waals surface area contributed by atoms with Crippen molar-refractivity contribution in [1.29, 1.82) is 0 Å². The van der Waals surface area contributed by atoms with Crippen molar-refractivity contribution in [3.05, 3.63) is 53.7 Å². The third-order valence-electron chi connectivity index (χ3n) is 6.05. The molecule has 9 heteroatoms. The highest BCUT2D eigenvalue weighted by molar-refractivity contribution is 6.01. The van der Waals surface area contributed by atoms with Crippen molar-refractivity contribution >= 4 is 17.3 Å². The number of rotatable bonds is 3. The Labute approximate surface area is 184 Å². The van der Waals surface area contributed by atoms with Gasteiger partial charge in [0.15, 0.2) is 11.5 Å². The molecule has 0 saturated carbocycles. The molecule has 2 aliphatic heterocycles. The van der Waals surface area contributed by atoms with Gasteiger partial charge in [-0.25, -0.2) is 13.9 Å². The molecule has 0 atom stereocenters. The maximum absolute atomic E-state index is 14.9. The molecule has 2 saturated heterocycles. The number of piperidine rings is 1. The Bertz CT molecular complexity index is 1170. The van der Waals surface area contributed by atoms with Gasteiger partial charge in [0.25, 0.3) is 11.8 Å². The fourth-order valence-electron chi connectivity index (χ4n) is 4.31. The molecule has 32 heavy (non-hydrogen) atoms. The van der Waals surface area contributed by atoms with Crippen molar-refractivity contribution in [3.63, 3.8) is 0 Å². The van der Waals surface area contributed by atoms with E-state index in [0.29, 0.717) is 48.6 Å². The van der Waals surface area contributed by atoms with Crippen molar-refractivity contribution in [1.82, 2.24) is 24.4 Å². The monoisotopic (exact) mass is 437 g/mol. The topological polar surface area (TPSA) is 80.0 Å². The molecule has 5 heterocycles. The van der Waals surface area contributed by atoms with Crippen LogP contribution in [-0.2, 0) is 4.74 Å². The van der Waals surface area contributed by atoms with Crippen molar-refractivity contribution in [2.75, 3.05) is 39.4 Å². The van der Waals surface area contributed by atoms with E-state index in [2.05, 4.69) is 10.1 Å². The first-order valence-electron chi connectivity index (χ1n) is 10.9. The molecule has 2 aliphatic rings. The first kappa shape index (κ1) is 20.6. The number of carbonyl (C=O) groups is 2. The number of morpholine rings is 1. The third kappa shape index (κ3) is 3.73. The summed E-state index contributed by atoms with van der Waals surface area (Å²) in [5.41, 5.74) is 2.06. The second kappa shape index (κ2) is 8.66. The minimum Gasteiger partial charge on any atom is -0.378 e. The zero-order valence-corrected chi connectivity index (χ0v) is 17.7. The van der Waals surface area contributed by atoms with Gasteiger partial charge in [0.2, 0.25) is 0 Å². The number of ether oxygens (including phenoxy) is 1. The van der Waals surface area contributed by atoms with Gasteiger partial charge >= 0.3 is 0 Å². The molecule has 166 valence electrons. The number of hydrogen-bond donors (Lipinski definition) is 0. The predicted molar refractivity (Wildman–Crippen MR) is 115 cm³/mol. The number of amides is 2. The van der Waals surface area contributed by atoms with Crippen LogP contribution >= 0.6 is 0 Å². The highest BCUT2D eigenvalue weighted by atomic mass is 19.1. The Kier molecular flexibility index (Phi) is 5.57. The van der Waals surface area contributed by atoms with Gasteiger partial charge in [-0.3, -0.25) is 9.59 Å². The Morgan fingerprint density at radius 2 is 1.69 bits per heavy atom. The van der Waals surface area contributed by atoms with Crippen LogP contribution in [0.3, 0.4) is 0 Å². The van der Waals surface area contributed by atoms with Gasteiger partial charge in [-0.15, -0.1) is 0 Å². The van der Waals surface area contributed by atoms with Gasteiger partial charge in [-0.1, -0.05) is 6.07 Å². The lowest BCUT2D eigenvalue weighted by Gasteiger charge is -2.26. The molecule has 0 unspecified atom stereocenters. The normalized spacial score (nSPS) is 17.0. The number of likely N-dealkylation sites (tertiary alicyclic amines) is 1. The molecule has 3 aromatic rings. The third-order valence-corrected chi connectivity index (χ3v) is 6.05. The highest BCUT2D eigenvalue weighted by Gasteiger charge is 2.25. The maximum atomic E-state index is 14.9. The number of carbonyl (C=O) groups excluding carboxylic acids is 2. The van der Waals surface area contributed by atoms with Crippen molar-refractivity contribution in [3.8, 4) is 11.3 Å². The summed E-state index contributed by atoms with van der Waals surface area (Å²) in [6.45, 7) is 3.22. The van der Waals surface area contributed by atoms with Crippen molar-refractivity contribution in [2.24, 2.45) is 0 Å². The molecule has 2 amide bonds. The number of hydrogen-bond acceptors (Lipinski definition) is 5. The molecule has 2 fully saturated rings. The fourth-order valence-corrected chi connectivity index (χ4v) is 4.31. The Morgan fingerprint density at radius 3 is 2.44 bits per heavy atom. The summed E-state index contributed by atoms with van der Waals surface area (Å²) < 4.78 is 21.8. The minimum absolute atomic E-state index is 0.0346. The Balaban J connectivity index is 1.46. The summed E-state index contributed by atoms with van der Waals surface area (Å²) in [5.74, 6) is -1.16.